The summed E-state index contributed by atoms with van der Waals surface area (Å²) in [6.07, 6.45) is 1.41. The molecule has 0 saturated heterocycles. The zero-order chi connectivity index (χ0) is 21.5. The van der Waals surface area contributed by atoms with E-state index in [4.69, 9.17) is 15.2 Å². The Bertz CT molecular complexity index is 1100. The molecule has 0 aliphatic heterocycles. The topological polar surface area (TPSA) is 119 Å². The van der Waals surface area contributed by atoms with E-state index >= 15 is 0 Å². The summed E-state index contributed by atoms with van der Waals surface area (Å²) in [4.78, 5) is 25.0. The van der Waals surface area contributed by atoms with Crippen molar-refractivity contribution >= 4 is 17.6 Å². The predicted octanol–water partition coefficient (Wildman–Crippen LogP) is 2.53. The number of amides is 1. The third kappa shape index (κ3) is 4.25. The Morgan fingerprint density at radius 1 is 1.13 bits per heavy atom. The number of carbonyl (C=O) groups is 2. The fraction of sp³-hybridized carbons (Fsp3) is 0.136. The zero-order valence-electron chi connectivity index (χ0n) is 16.3. The minimum Gasteiger partial charge on any atom is -0.492 e. The largest absolute Gasteiger partial charge is 0.492 e. The zero-order valence-corrected chi connectivity index (χ0v) is 16.3. The van der Waals surface area contributed by atoms with Crippen LogP contribution in [0, 0.1) is 11.3 Å². The maximum atomic E-state index is 12.8. The van der Waals surface area contributed by atoms with Gasteiger partial charge >= 0.3 is 5.97 Å². The molecule has 1 heterocycles. The molecule has 1 aromatic heterocycles. The first-order valence-corrected chi connectivity index (χ1v) is 9.11. The second kappa shape index (κ2) is 9.30. The van der Waals surface area contributed by atoms with Gasteiger partial charge in [-0.1, -0.05) is 30.3 Å². The highest BCUT2D eigenvalue weighted by molar-refractivity contribution is 6.00. The summed E-state index contributed by atoms with van der Waals surface area (Å²) in [5, 5.41) is 12.1. The van der Waals surface area contributed by atoms with Crippen molar-refractivity contribution in [3.63, 3.8) is 0 Å². The summed E-state index contributed by atoms with van der Waals surface area (Å²) in [6, 6.07) is 17.9. The van der Waals surface area contributed by atoms with Gasteiger partial charge in [0.2, 0.25) is 0 Å². The van der Waals surface area contributed by atoms with Crippen LogP contribution < -0.4 is 15.8 Å². The smallest absolute Gasteiger partial charge is 0.357 e. The van der Waals surface area contributed by atoms with E-state index in [0.717, 1.165) is 0 Å². The Morgan fingerprint density at radius 3 is 2.53 bits per heavy atom. The van der Waals surface area contributed by atoms with Crippen molar-refractivity contribution in [1.82, 2.24) is 9.88 Å². The molecule has 0 aliphatic carbocycles. The highest BCUT2D eigenvalue weighted by atomic mass is 16.5. The van der Waals surface area contributed by atoms with Crippen molar-refractivity contribution in [1.29, 1.82) is 5.26 Å². The number of nitrogen functional groups attached to an aromatic ring is 1. The number of rotatable bonds is 7. The number of aromatic nitrogens is 1. The molecule has 3 N–H and O–H groups in total. The van der Waals surface area contributed by atoms with Gasteiger partial charge in [-0.3, -0.25) is 4.79 Å². The van der Waals surface area contributed by atoms with E-state index < -0.39 is 5.97 Å². The number of anilines is 1. The Balaban J connectivity index is 1.82. The molecule has 0 bridgehead atoms. The number of carbonyl (C=O) groups excluding carboxylic acids is 2. The molecule has 0 aliphatic rings. The van der Waals surface area contributed by atoms with Crippen LogP contribution in [0.25, 0.3) is 5.69 Å². The van der Waals surface area contributed by atoms with E-state index in [1.807, 2.05) is 36.4 Å². The summed E-state index contributed by atoms with van der Waals surface area (Å²) < 4.78 is 11.8. The van der Waals surface area contributed by atoms with E-state index in [0.29, 0.717) is 23.6 Å². The maximum Gasteiger partial charge on any atom is 0.357 e. The van der Waals surface area contributed by atoms with Gasteiger partial charge in [-0.2, -0.15) is 5.26 Å². The van der Waals surface area contributed by atoms with Gasteiger partial charge in [0.25, 0.3) is 5.91 Å². The molecule has 0 unspecified atom stereocenters. The van der Waals surface area contributed by atoms with Gasteiger partial charge in [0, 0.05) is 6.20 Å². The molecular weight excluding hydrogens is 384 g/mol. The van der Waals surface area contributed by atoms with E-state index in [1.165, 1.54) is 17.9 Å². The van der Waals surface area contributed by atoms with E-state index in [2.05, 4.69) is 5.32 Å². The lowest BCUT2D eigenvalue weighted by Crippen LogP contribution is -2.29. The average molecular weight is 404 g/mol. The molecule has 0 saturated carbocycles. The molecule has 0 spiro atoms. The highest BCUT2D eigenvalue weighted by Gasteiger charge is 2.24. The van der Waals surface area contributed by atoms with Crippen molar-refractivity contribution in [2.45, 2.75) is 0 Å². The molecular formula is C22H20N4O4. The lowest BCUT2D eigenvalue weighted by molar-refractivity contribution is 0.0592. The first-order chi connectivity index (χ1) is 14.6. The van der Waals surface area contributed by atoms with Crippen molar-refractivity contribution in [3.8, 4) is 17.5 Å². The summed E-state index contributed by atoms with van der Waals surface area (Å²) in [5.74, 6) is -0.356. The predicted molar refractivity (Wildman–Crippen MR) is 111 cm³/mol. The quantitative estimate of drug-likeness (QED) is 0.461. The SMILES string of the molecule is COC(=O)c1c(N)c(C#N)cn1-c1ccccc1C(=O)NCCOc1ccccc1. The molecule has 2 aromatic carbocycles. The summed E-state index contributed by atoms with van der Waals surface area (Å²) in [5.41, 5.74) is 6.75. The molecule has 0 radical (unpaired) electrons. The van der Waals surface area contributed by atoms with Crippen LogP contribution in [0.5, 0.6) is 5.75 Å². The van der Waals surface area contributed by atoms with Gasteiger partial charge in [-0.25, -0.2) is 4.79 Å². The molecule has 0 atom stereocenters. The third-order valence-electron chi connectivity index (χ3n) is 4.35. The number of nitriles is 1. The van der Waals surface area contributed by atoms with Crippen LogP contribution in [0.4, 0.5) is 5.69 Å². The van der Waals surface area contributed by atoms with Crippen molar-refractivity contribution < 1.29 is 19.1 Å². The minimum atomic E-state index is -0.708. The van der Waals surface area contributed by atoms with Crippen LogP contribution in [0.15, 0.2) is 60.8 Å². The maximum absolute atomic E-state index is 12.8. The Labute approximate surface area is 173 Å². The standard InChI is InChI=1S/C22H20N4O4/c1-29-22(28)20-19(24)15(13-23)14-26(20)18-10-6-5-9-17(18)21(27)25-11-12-30-16-7-3-2-4-8-16/h2-10,14H,11-12,24H2,1H3,(H,25,27). The number of para-hydroxylation sites is 2. The summed E-state index contributed by atoms with van der Waals surface area (Å²) in [6.45, 7) is 0.573. The van der Waals surface area contributed by atoms with Crippen molar-refractivity contribution in [2.24, 2.45) is 0 Å². The number of nitrogens with zero attached hydrogens (tertiary/aromatic N) is 2. The number of nitrogens with one attached hydrogen (secondary N) is 1. The lowest BCUT2D eigenvalue weighted by Gasteiger charge is -2.14. The fourth-order valence-electron chi connectivity index (χ4n) is 2.93. The number of hydrogen-bond acceptors (Lipinski definition) is 6. The number of hydrogen-bond donors (Lipinski definition) is 2. The van der Waals surface area contributed by atoms with Crippen LogP contribution >= 0.6 is 0 Å². The van der Waals surface area contributed by atoms with Crippen LogP contribution in [-0.2, 0) is 4.74 Å². The molecule has 1 amide bonds. The van der Waals surface area contributed by atoms with Crippen LogP contribution in [0.1, 0.15) is 26.4 Å². The average Bonchev–Trinajstić information content (AvgIpc) is 3.12. The molecule has 8 nitrogen and oxygen atoms in total. The Morgan fingerprint density at radius 2 is 1.83 bits per heavy atom. The summed E-state index contributed by atoms with van der Waals surface area (Å²) in [7, 11) is 1.22. The van der Waals surface area contributed by atoms with Crippen molar-refractivity contribution in [3.05, 3.63) is 77.6 Å². The van der Waals surface area contributed by atoms with Crippen LogP contribution in [0.3, 0.4) is 0 Å². The molecule has 30 heavy (non-hydrogen) atoms. The van der Waals surface area contributed by atoms with Gasteiger partial charge < -0.3 is 25.1 Å². The molecule has 0 fully saturated rings. The second-order valence-electron chi connectivity index (χ2n) is 6.21. The Kier molecular flexibility index (Phi) is 6.35. The first-order valence-electron chi connectivity index (χ1n) is 9.11. The molecule has 8 heteroatoms. The van der Waals surface area contributed by atoms with Gasteiger partial charge in [0.05, 0.1) is 36.2 Å². The molecule has 3 rings (SSSR count). The van der Waals surface area contributed by atoms with Gasteiger partial charge in [-0.05, 0) is 24.3 Å². The van der Waals surface area contributed by atoms with Gasteiger partial charge in [0.15, 0.2) is 5.69 Å². The normalized spacial score (nSPS) is 10.1. The number of nitrogens with two attached hydrogens (primary N) is 1. The fourth-order valence-corrected chi connectivity index (χ4v) is 2.93. The van der Waals surface area contributed by atoms with Gasteiger partial charge in [0.1, 0.15) is 18.4 Å². The summed E-state index contributed by atoms with van der Waals surface area (Å²) >= 11 is 0. The Hall–Kier alpha value is -4.25. The van der Waals surface area contributed by atoms with E-state index in [9.17, 15) is 14.9 Å². The van der Waals surface area contributed by atoms with Crippen LogP contribution in [0.2, 0.25) is 0 Å². The lowest BCUT2D eigenvalue weighted by atomic mass is 10.1. The molecule has 3 aromatic rings. The highest BCUT2D eigenvalue weighted by Crippen LogP contribution is 2.26. The van der Waals surface area contributed by atoms with Crippen molar-refractivity contribution in [2.75, 3.05) is 26.0 Å². The monoisotopic (exact) mass is 404 g/mol. The first kappa shape index (κ1) is 20.5. The second-order valence-corrected chi connectivity index (χ2v) is 6.21. The number of benzene rings is 2. The minimum absolute atomic E-state index is 0.00387. The number of esters is 1. The van der Waals surface area contributed by atoms with E-state index in [1.54, 1.807) is 24.3 Å². The van der Waals surface area contributed by atoms with Crippen LogP contribution in [-0.4, -0.2) is 36.7 Å². The van der Waals surface area contributed by atoms with E-state index in [-0.39, 0.29) is 29.4 Å². The third-order valence-corrected chi connectivity index (χ3v) is 4.35. The number of ether oxygens (including phenoxy) is 2. The van der Waals surface area contributed by atoms with Gasteiger partial charge in [-0.15, -0.1) is 0 Å². The molecule has 152 valence electrons. The number of methoxy groups -OCH3 is 1.